The van der Waals surface area contributed by atoms with Crippen molar-refractivity contribution in [3.8, 4) is 0 Å². The summed E-state index contributed by atoms with van der Waals surface area (Å²) in [4.78, 5) is 4.30. The molecule has 0 unspecified atom stereocenters. The Morgan fingerprint density at radius 2 is 2.00 bits per heavy atom. The third-order valence-electron chi connectivity index (χ3n) is 4.00. The van der Waals surface area contributed by atoms with E-state index in [1.807, 2.05) is 12.4 Å². The molecule has 0 atom stereocenters. The van der Waals surface area contributed by atoms with Gasteiger partial charge in [0.2, 0.25) is 0 Å². The van der Waals surface area contributed by atoms with Crippen LogP contribution in [0.15, 0.2) is 36.7 Å². The second-order valence-electron chi connectivity index (χ2n) is 5.47. The molecule has 0 radical (unpaired) electrons. The zero-order chi connectivity index (χ0) is 13.6. The SMILES string of the molecule is c1ccc2c(CNCCOC3CCCC3)cncc2c1. The maximum atomic E-state index is 5.85. The molecule has 1 aliphatic carbocycles. The second-order valence-corrected chi connectivity index (χ2v) is 5.47. The molecule has 3 nitrogen and oxygen atoms in total. The topological polar surface area (TPSA) is 34.1 Å². The Labute approximate surface area is 120 Å². The number of benzene rings is 1. The maximum absolute atomic E-state index is 5.85. The molecular formula is C17H22N2O. The van der Waals surface area contributed by atoms with Gasteiger partial charge in [-0.15, -0.1) is 0 Å². The number of ether oxygens (including phenoxy) is 1. The summed E-state index contributed by atoms with van der Waals surface area (Å²) in [6.07, 6.45) is 9.53. The summed E-state index contributed by atoms with van der Waals surface area (Å²) < 4.78 is 5.85. The Kier molecular flexibility index (Phi) is 4.61. The Morgan fingerprint density at radius 3 is 2.90 bits per heavy atom. The smallest absolute Gasteiger partial charge is 0.0594 e. The molecule has 1 aromatic heterocycles. The normalized spacial score (nSPS) is 16.0. The van der Waals surface area contributed by atoms with Crippen molar-refractivity contribution in [2.75, 3.05) is 13.2 Å². The van der Waals surface area contributed by atoms with Gasteiger partial charge in [0, 0.05) is 30.9 Å². The van der Waals surface area contributed by atoms with Crippen LogP contribution in [0.1, 0.15) is 31.2 Å². The summed E-state index contributed by atoms with van der Waals surface area (Å²) in [5.74, 6) is 0. The molecule has 2 aromatic rings. The zero-order valence-corrected chi connectivity index (χ0v) is 11.8. The Hall–Kier alpha value is -1.45. The van der Waals surface area contributed by atoms with Gasteiger partial charge in [0.25, 0.3) is 0 Å². The largest absolute Gasteiger partial charge is 0.377 e. The number of aromatic nitrogens is 1. The highest BCUT2D eigenvalue weighted by Crippen LogP contribution is 2.20. The molecule has 1 aromatic carbocycles. The molecule has 3 heteroatoms. The highest BCUT2D eigenvalue weighted by Gasteiger charge is 2.14. The molecule has 106 valence electrons. The van der Waals surface area contributed by atoms with Gasteiger partial charge < -0.3 is 10.1 Å². The minimum absolute atomic E-state index is 0.510. The molecule has 0 spiro atoms. The number of hydrogen-bond donors (Lipinski definition) is 1. The lowest BCUT2D eigenvalue weighted by molar-refractivity contribution is 0.0603. The van der Waals surface area contributed by atoms with Gasteiger partial charge in [-0.2, -0.15) is 0 Å². The molecule has 20 heavy (non-hydrogen) atoms. The van der Waals surface area contributed by atoms with Gasteiger partial charge in [0.15, 0.2) is 0 Å². The summed E-state index contributed by atoms with van der Waals surface area (Å²) in [5, 5.41) is 5.94. The van der Waals surface area contributed by atoms with Crippen LogP contribution in [-0.2, 0) is 11.3 Å². The van der Waals surface area contributed by atoms with E-state index in [4.69, 9.17) is 4.74 Å². The Balaban J connectivity index is 1.47. The van der Waals surface area contributed by atoms with Crippen molar-refractivity contribution < 1.29 is 4.74 Å². The fourth-order valence-corrected chi connectivity index (χ4v) is 2.90. The van der Waals surface area contributed by atoms with E-state index in [0.29, 0.717) is 6.10 Å². The minimum atomic E-state index is 0.510. The van der Waals surface area contributed by atoms with Crippen LogP contribution in [0.25, 0.3) is 10.8 Å². The predicted molar refractivity (Wildman–Crippen MR) is 81.7 cm³/mol. The molecule has 0 amide bonds. The quantitative estimate of drug-likeness (QED) is 0.818. The van der Waals surface area contributed by atoms with Gasteiger partial charge in [-0.25, -0.2) is 0 Å². The van der Waals surface area contributed by atoms with Gasteiger partial charge in [0.05, 0.1) is 12.7 Å². The number of fused-ring (bicyclic) bond motifs is 1. The van der Waals surface area contributed by atoms with Crippen molar-refractivity contribution >= 4 is 10.8 Å². The van der Waals surface area contributed by atoms with E-state index >= 15 is 0 Å². The van der Waals surface area contributed by atoms with Gasteiger partial charge in [-0.05, 0) is 23.8 Å². The van der Waals surface area contributed by atoms with E-state index in [-0.39, 0.29) is 0 Å². The molecule has 1 N–H and O–H groups in total. The molecule has 1 fully saturated rings. The number of pyridine rings is 1. The van der Waals surface area contributed by atoms with E-state index in [1.54, 1.807) is 0 Å². The van der Waals surface area contributed by atoms with Crippen LogP contribution in [0.4, 0.5) is 0 Å². The van der Waals surface area contributed by atoms with Gasteiger partial charge in [0.1, 0.15) is 0 Å². The first-order chi connectivity index (χ1) is 9.93. The lowest BCUT2D eigenvalue weighted by atomic mass is 10.1. The number of nitrogens with one attached hydrogen (secondary N) is 1. The van der Waals surface area contributed by atoms with E-state index in [0.717, 1.165) is 19.7 Å². The lowest BCUT2D eigenvalue weighted by Crippen LogP contribution is -2.22. The average molecular weight is 270 g/mol. The van der Waals surface area contributed by atoms with E-state index in [2.05, 4.69) is 34.6 Å². The molecule has 1 aliphatic rings. The first kappa shape index (κ1) is 13.5. The van der Waals surface area contributed by atoms with Gasteiger partial charge in [-0.3, -0.25) is 4.98 Å². The van der Waals surface area contributed by atoms with Crippen LogP contribution in [0, 0.1) is 0 Å². The average Bonchev–Trinajstić information content (AvgIpc) is 3.00. The Morgan fingerprint density at radius 1 is 1.15 bits per heavy atom. The summed E-state index contributed by atoms with van der Waals surface area (Å²) >= 11 is 0. The van der Waals surface area contributed by atoms with Crippen molar-refractivity contribution in [2.45, 2.75) is 38.3 Å². The van der Waals surface area contributed by atoms with E-state index in [9.17, 15) is 0 Å². The van der Waals surface area contributed by atoms with Gasteiger partial charge in [-0.1, -0.05) is 37.1 Å². The fourth-order valence-electron chi connectivity index (χ4n) is 2.90. The lowest BCUT2D eigenvalue weighted by Gasteiger charge is -2.12. The minimum Gasteiger partial charge on any atom is -0.377 e. The van der Waals surface area contributed by atoms with E-state index < -0.39 is 0 Å². The number of rotatable bonds is 6. The standard InChI is InChI=1S/C17H22N2O/c1-4-8-17-14(5-1)11-19-13-15(17)12-18-9-10-20-16-6-2-3-7-16/h1,4-5,8,11,13,16,18H,2-3,6-7,9-10,12H2. The fraction of sp³-hybridized carbons (Fsp3) is 0.471. The van der Waals surface area contributed by atoms with Crippen LogP contribution in [0.2, 0.25) is 0 Å². The van der Waals surface area contributed by atoms with Gasteiger partial charge >= 0.3 is 0 Å². The summed E-state index contributed by atoms with van der Waals surface area (Å²) in [7, 11) is 0. The second kappa shape index (κ2) is 6.82. The van der Waals surface area contributed by atoms with Crippen molar-refractivity contribution in [1.29, 1.82) is 0 Å². The molecular weight excluding hydrogens is 248 g/mol. The molecule has 0 bridgehead atoms. The predicted octanol–water partition coefficient (Wildman–Crippen LogP) is 3.28. The van der Waals surface area contributed by atoms with Crippen molar-refractivity contribution in [1.82, 2.24) is 10.3 Å². The van der Waals surface area contributed by atoms with Crippen molar-refractivity contribution in [3.63, 3.8) is 0 Å². The third-order valence-corrected chi connectivity index (χ3v) is 4.00. The van der Waals surface area contributed by atoms with Crippen LogP contribution in [-0.4, -0.2) is 24.2 Å². The summed E-state index contributed by atoms with van der Waals surface area (Å²) in [6.45, 7) is 2.56. The summed E-state index contributed by atoms with van der Waals surface area (Å²) in [6, 6.07) is 8.39. The highest BCUT2D eigenvalue weighted by atomic mass is 16.5. The maximum Gasteiger partial charge on any atom is 0.0594 e. The van der Waals surface area contributed by atoms with Crippen LogP contribution >= 0.6 is 0 Å². The van der Waals surface area contributed by atoms with Crippen LogP contribution in [0.5, 0.6) is 0 Å². The molecule has 0 aliphatic heterocycles. The number of nitrogens with zero attached hydrogens (tertiary/aromatic N) is 1. The molecule has 0 saturated heterocycles. The van der Waals surface area contributed by atoms with Crippen LogP contribution in [0.3, 0.4) is 0 Å². The van der Waals surface area contributed by atoms with Crippen LogP contribution < -0.4 is 5.32 Å². The first-order valence-corrected chi connectivity index (χ1v) is 7.57. The van der Waals surface area contributed by atoms with Crippen molar-refractivity contribution in [3.05, 3.63) is 42.2 Å². The molecule has 1 heterocycles. The summed E-state index contributed by atoms with van der Waals surface area (Å²) in [5.41, 5.74) is 1.25. The monoisotopic (exact) mass is 270 g/mol. The Bertz CT molecular complexity index is 544. The third kappa shape index (κ3) is 3.35. The highest BCUT2D eigenvalue weighted by molar-refractivity contribution is 5.84. The first-order valence-electron chi connectivity index (χ1n) is 7.57. The van der Waals surface area contributed by atoms with E-state index in [1.165, 1.54) is 42.0 Å². The molecule has 3 rings (SSSR count). The molecule has 1 saturated carbocycles. The zero-order valence-electron chi connectivity index (χ0n) is 11.8. The van der Waals surface area contributed by atoms with Crippen molar-refractivity contribution in [2.24, 2.45) is 0 Å². The number of hydrogen-bond acceptors (Lipinski definition) is 3.